The Bertz CT molecular complexity index is 257. The lowest BCUT2D eigenvalue weighted by Crippen LogP contribution is -1.77. The van der Waals surface area contributed by atoms with Crippen LogP contribution in [0.15, 0.2) is 0 Å². The van der Waals surface area contributed by atoms with Crippen LogP contribution in [0, 0.1) is 22.7 Å². The highest BCUT2D eigenvalue weighted by atomic mass is 15.3. The lowest BCUT2D eigenvalue weighted by molar-refractivity contribution is 0.932. The van der Waals surface area contributed by atoms with Gasteiger partial charge in [-0.3, -0.25) is 0 Å². The van der Waals surface area contributed by atoms with Crippen LogP contribution in [-0.4, -0.2) is 15.4 Å². The van der Waals surface area contributed by atoms with E-state index < -0.39 is 0 Å². The van der Waals surface area contributed by atoms with Crippen molar-refractivity contribution in [3.05, 3.63) is 11.4 Å². The first kappa shape index (κ1) is 8.08. The van der Waals surface area contributed by atoms with Gasteiger partial charge in [0.05, 0.1) is 0 Å². The molecule has 0 aliphatic rings. The summed E-state index contributed by atoms with van der Waals surface area (Å²) in [6, 6.07) is 3.40. The summed E-state index contributed by atoms with van der Waals surface area (Å²) < 4.78 is 0. The van der Waals surface area contributed by atoms with Crippen molar-refractivity contribution in [2.24, 2.45) is 0 Å². The minimum Gasteiger partial charge on any atom is -0.344 e. The van der Waals surface area contributed by atoms with Crippen LogP contribution in [0.2, 0.25) is 0 Å². The predicted molar refractivity (Wildman–Crippen MR) is 30.8 cm³/mol. The van der Waals surface area contributed by atoms with Gasteiger partial charge < -0.3 is 6.15 Å². The lowest BCUT2D eigenvalue weighted by Gasteiger charge is -1.68. The van der Waals surface area contributed by atoms with Crippen LogP contribution >= 0.6 is 0 Å². The molecule has 0 aliphatic heterocycles. The Labute approximate surface area is 56.7 Å². The van der Waals surface area contributed by atoms with E-state index in [0.717, 1.165) is 0 Å². The Morgan fingerprint density at radius 1 is 1.10 bits per heavy atom. The third kappa shape index (κ3) is 1.08. The topological polar surface area (TPSA) is 124 Å². The number of hydrogen-bond donors (Lipinski definition) is 2. The highest BCUT2D eigenvalue weighted by molar-refractivity contribution is 5.32. The molecule has 10 heavy (non-hydrogen) atoms. The Morgan fingerprint density at radius 2 is 1.50 bits per heavy atom. The molecule has 0 aliphatic carbocycles. The van der Waals surface area contributed by atoms with Crippen molar-refractivity contribution in [2.75, 3.05) is 0 Å². The summed E-state index contributed by atoms with van der Waals surface area (Å²) in [5, 5.41) is 25.4. The van der Waals surface area contributed by atoms with Gasteiger partial charge in [0.15, 0.2) is 0 Å². The number of aromatic amines is 1. The van der Waals surface area contributed by atoms with Gasteiger partial charge in [0.25, 0.3) is 0 Å². The molecule has 0 saturated heterocycles. The van der Waals surface area contributed by atoms with Crippen LogP contribution in [-0.2, 0) is 0 Å². The van der Waals surface area contributed by atoms with Gasteiger partial charge in [-0.1, -0.05) is 0 Å². The first-order valence-electron chi connectivity index (χ1n) is 2.09. The van der Waals surface area contributed by atoms with Crippen LogP contribution in [0.25, 0.3) is 0 Å². The molecule has 0 saturated carbocycles. The van der Waals surface area contributed by atoms with E-state index in [1.54, 1.807) is 12.1 Å². The van der Waals surface area contributed by atoms with Crippen molar-refractivity contribution in [1.82, 2.24) is 21.6 Å². The van der Waals surface area contributed by atoms with Gasteiger partial charge in [0, 0.05) is 0 Å². The fourth-order valence-corrected chi connectivity index (χ4v) is 0.387. The highest BCUT2D eigenvalue weighted by Gasteiger charge is 2.02. The molecule has 0 spiro atoms. The molecular formula is C4H4N6. The normalized spacial score (nSPS) is 7.00. The smallest absolute Gasteiger partial charge is 0.200 e. The highest BCUT2D eigenvalue weighted by Crippen LogP contribution is 1.93. The van der Waals surface area contributed by atoms with E-state index in [4.69, 9.17) is 10.5 Å². The first-order chi connectivity index (χ1) is 4.38. The largest absolute Gasteiger partial charge is 0.344 e. The third-order valence-electron chi connectivity index (χ3n) is 0.760. The van der Waals surface area contributed by atoms with Crippen molar-refractivity contribution < 1.29 is 0 Å². The van der Waals surface area contributed by atoms with Crippen LogP contribution in [0.1, 0.15) is 11.4 Å². The minimum atomic E-state index is 0. The molecule has 1 rings (SSSR count). The zero-order chi connectivity index (χ0) is 6.69. The van der Waals surface area contributed by atoms with E-state index in [1.807, 2.05) is 0 Å². The Morgan fingerprint density at radius 3 is 1.80 bits per heavy atom. The van der Waals surface area contributed by atoms with Crippen LogP contribution < -0.4 is 6.15 Å². The van der Waals surface area contributed by atoms with Gasteiger partial charge in [-0.25, -0.2) is 0 Å². The average molecular weight is 136 g/mol. The summed E-state index contributed by atoms with van der Waals surface area (Å²) in [5.41, 5.74) is 0.0787. The van der Waals surface area contributed by atoms with E-state index in [2.05, 4.69) is 15.4 Å². The van der Waals surface area contributed by atoms with Gasteiger partial charge in [0.2, 0.25) is 11.4 Å². The second kappa shape index (κ2) is 3.17. The van der Waals surface area contributed by atoms with Crippen molar-refractivity contribution in [3.63, 3.8) is 0 Å². The van der Waals surface area contributed by atoms with Crippen molar-refractivity contribution in [1.29, 1.82) is 10.5 Å². The summed E-state index contributed by atoms with van der Waals surface area (Å²) >= 11 is 0. The fourth-order valence-electron chi connectivity index (χ4n) is 0.387. The zero-order valence-corrected chi connectivity index (χ0v) is 5.00. The van der Waals surface area contributed by atoms with Crippen molar-refractivity contribution in [2.45, 2.75) is 0 Å². The molecule has 1 aromatic rings. The second-order valence-corrected chi connectivity index (χ2v) is 1.24. The third-order valence-corrected chi connectivity index (χ3v) is 0.760. The monoisotopic (exact) mass is 136 g/mol. The second-order valence-electron chi connectivity index (χ2n) is 1.24. The standard InChI is InChI=1S/C4HN5.H3N/c5-1-3-4(2-6)8-9-7-3;/h(H,7,8,9);1H3. The summed E-state index contributed by atoms with van der Waals surface area (Å²) in [6.45, 7) is 0. The van der Waals surface area contributed by atoms with E-state index in [1.165, 1.54) is 0 Å². The maximum absolute atomic E-state index is 8.21. The average Bonchev–Trinajstić information content (AvgIpc) is 2.33. The Balaban J connectivity index is 0.000000810. The van der Waals surface area contributed by atoms with Gasteiger partial charge in [-0.15, -0.1) is 10.2 Å². The number of nitrogens with one attached hydrogen (secondary N) is 1. The van der Waals surface area contributed by atoms with E-state index in [-0.39, 0.29) is 17.5 Å². The van der Waals surface area contributed by atoms with Crippen LogP contribution in [0.5, 0.6) is 0 Å². The SMILES string of the molecule is N.N#Cc1n[nH]nc1C#N. The molecule has 0 aromatic carbocycles. The Kier molecular flexibility index (Phi) is 2.56. The molecule has 0 unspecified atom stereocenters. The zero-order valence-electron chi connectivity index (χ0n) is 5.00. The van der Waals surface area contributed by atoms with Gasteiger partial charge >= 0.3 is 0 Å². The van der Waals surface area contributed by atoms with Crippen molar-refractivity contribution in [3.8, 4) is 12.1 Å². The van der Waals surface area contributed by atoms with Gasteiger partial charge in [0.1, 0.15) is 12.1 Å². The molecule has 4 N–H and O–H groups in total. The minimum absolute atomic E-state index is 0. The summed E-state index contributed by atoms with van der Waals surface area (Å²) in [4.78, 5) is 0. The maximum Gasteiger partial charge on any atom is 0.200 e. The molecule has 1 aromatic heterocycles. The molecule has 50 valence electrons. The van der Waals surface area contributed by atoms with Crippen LogP contribution in [0.4, 0.5) is 0 Å². The maximum atomic E-state index is 8.21. The summed E-state index contributed by atoms with van der Waals surface area (Å²) in [6.07, 6.45) is 0. The number of nitriles is 2. The van der Waals surface area contributed by atoms with Crippen molar-refractivity contribution >= 4 is 0 Å². The quantitative estimate of drug-likeness (QED) is 0.507. The predicted octanol–water partition coefficient (Wildman–Crippen LogP) is -0.290. The summed E-state index contributed by atoms with van der Waals surface area (Å²) in [7, 11) is 0. The van der Waals surface area contributed by atoms with E-state index >= 15 is 0 Å². The molecule has 0 radical (unpaired) electrons. The number of hydrogen-bond acceptors (Lipinski definition) is 5. The molecule has 6 heteroatoms. The number of H-pyrrole nitrogens is 1. The number of rotatable bonds is 0. The fraction of sp³-hybridized carbons (Fsp3) is 0. The van der Waals surface area contributed by atoms with Gasteiger partial charge in [-0.2, -0.15) is 15.7 Å². The molecule has 0 amide bonds. The number of nitrogens with zero attached hydrogens (tertiary/aromatic N) is 4. The first-order valence-corrected chi connectivity index (χ1v) is 2.09. The number of aromatic nitrogens is 3. The van der Waals surface area contributed by atoms with E-state index in [0.29, 0.717) is 0 Å². The molecule has 1 heterocycles. The molecule has 0 fully saturated rings. The molecule has 0 atom stereocenters. The Hall–Kier alpha value is -1.92. The summed E-state index contributed by atoms with van der Waals surface area (Å²) in [5.74, 6) is 0. The molecule has 6 nitrogen and oxygen atoms in total. The molecular weight excluding hydrogens is 132 g/mol. The molecule has 0 bridgehead atoms. The van der Waals surface area contributed by atoms with Crippen LogP contribution in [0.3, 0.4) is 0 Å². The lowest BCUT2D eigenvalue weighted by atomic mass is 10.4. The van der Waals surface area contributed by atoms with Gasteiger partial charge in [-0.05, 0) is 0 Å². The van der Waals surface area contributed by atoms with E-state index in [9.17, 15) is 0 Å².